The molecule has 66 valence electrons. The number of thiophene rings is 1. The maximum atomic E-state index is 3.58. The van der Waals surface area contributed by atoms with Crippen molar-refractivity contribution in [3.63, 3.8) is 0 Å². The van der Waals surface area contributed by atoms with E-state index in [-0.39, 0.29) is 5.54 Å². The number of hydrogen-bond donors (Lipinski definition) is 1. The van der Waals surface area contributed by atoms with Crippen LogP contribution in [0.2, 0.25) is 0 Å². The number of rotatable bonds is 1. The molecule has 1 atom stereocenters. The fraction of sp³-hybridized carbons (Fsp3) is 0.556. The molecule has 1 fully saturated rings. The van der Waals surface area contributed by atoms with E-state index in [0.717, 1.165) is 6.54 Å². The van der Waals surface area contributed by atoms with Gasteiger partial charge < -0.3 is 5.32 Å². The molecule has 0 spiro atoms. The van der Waals surface area contributed by atoms with Gasteiger partial charge in [0.15, 0.2) is 0 Å². The van der Waals surface area contributed by atoms with Gasteiger partial charge in [-0.3, -0.25) is 0 Å². The highest BCUT2D eigenvalue weighted by molar-refractivity contribution is 9.10. The molecule has 1 saturated heterocycles. The van der Waals surface area contributed by atoms with Crippen LogP contribution in [0, 0.1) is 0 Å². The molecule has 1 N–H and O–H groups in total. The molecule has 1 aliphatic heterocycles. The zero-order chi connectivity index (χ0) is 8.60. The summed E-state index contributed by atoms with van der Waals surface area (Å²) in [5.74, 6) is 0. The first-order chi connectivity index (χ1) is 5.72. The molecule has 12 heavy (non-hydrogen) atoms. The van der Waals surface area contributed by atoms with Gasteiger partial charge in [0.25, 0.3) is 0 Å². The first kappa shape index (κ1) is 8.73. The second kappa shape index (κ2) is 3.13. The van der Waals surface area contributed by atoms with Crippen molar-refractivity contribution in [1.29, 1.82) is 0 Å². The molecule has 0 aromatic carbocycles. The first-order valence-electron chi connectivity index (χ1n) is 4.21. The highest BCUT2D eigenvalue weighted by atomic mass is 79.9. The molecule has 2 heterocycles. The van der Waals surface area contributed by atoms with Crippen LogP contribution in [0.15, 0.2) is 15.9 Å². The summed E-state index contributed by atoms with van der Waals surface area (Å²) in [7, 11) is 0. The minimum atomic E-state index is 0.229. The van der Waals surface area contributed by atoms with Crippen LogP contribution < -0.4 is 5.32 Å². The molecule has 2 rings (SSSR count). The summed E-state index contributed by atoms with van der Waals surface area (Å²) in [6.45, 7) is 3.44. The smallest absolute Gasteiger partial charge is 0.0512 e. The predicted octanol–water partition coefficient (Wildman–Crippen LogP) is 3.11. The Labute approximate surface area is 85.3 Å². The predicted molar refractivity (Wildman–Crippen MR) is 56.6 cm³/mol. The molecule has 1 unspecified atom stereocenters. The van der Waals surface area contributed by atoms with Crippen molar-refractivity contribution in [2.75, 3.05) is 6.54 Å². The van der Waals surface area contributed by atoms with Gasteiger partial charge in [-0.2, -0.15) is 0 Å². The first-order valence-corrected chi connectivity index (χ1v) is 5.88. The normalized spacial score (nSPS) is 29.5. The zero-order valence-electron chi connectivity index (χ0n) is 7.06. The monoisotopic (exact) mass is 245 g/mol. The number of hydrogen-bond acceptors (Lipinski definition) is 2. The molecule has 1 aromatic rings. The van der Waals surface area contributed by atoms with Crippen molar-refractivity contribution in [1.82, 2.24) is 5.32 Å². The lowest BCUT2D eigenvalue weighted by Gasteiger charge is -2.23. The fourth-order valence-electron chi connectivity index (χ4n) is 1.78. The molecular weight excluding hydrogens is 234 g/mol. The Hall–Kier alpha value is 0.140. The third-order valence-corrected chi connectivity index (χ3v) is 4.59. The van der Waals surface area contributed by atoms with E-state index in [4.69, 9.17) is 0 Å². The minimum absolute atomic E-state index is 0.229. The fourth-order valence-corrected chi connectivity index (χ4v) is 3.76. The van der Waals surface area contributed by atoms with Gasteiger partial charge in [-0.1, -0.05) is 0 Å². The molecule has 0 bridgehead atoms. The summed E-state index contributed by atoms with van der Waals surface area (Å²) >= 11 is 5.42. The second-order valence-electron chi connectivity index (χ2n) is 3.46. The highest BCUT2D eigenvalue weighted by Gasteiger charge is 2.32. The third kappa shape index (κ3) is 1.34. The average Bonchev–Trinajstić information content (AvgIpc) is 2.59. The van der Waals surface area contributed by atoms with Crippen LogP contribution in [0.3, 0.4) is 0 Å². The van der Waals surface area contributed by atoms with Crippen molar-refractivity contribution < 1.29 is 0 Å². The Morgan fingerprint density at radius 2 is 2.50 bits per heavy atom. The average molecular weight is 246 g/mol. The van der Waals surface area contributed by atoms with Crippen molar-refractivity contribution in [2.24, 2.45) is 0 Å². The summed E-state index contributed by atoms with van der Waals surface area (Å²) < 4.78 is 1.25. The van der Waals surface area contributed by atoms with Crippen LogP contribution in [0.5, 0.6) is 0 Å². The Bertz CT molecular complexity index is 276. The summed E-state index contributed by atoms with van der Waals surface area (Å²) in [5.41, 5.74) is 0.229. The summed E-state index contributed by atoms with van der Waals surface area (Å²) in [5, 5.41) is 5.70. The van der Waals surface area contributed by atoms with Gasteiger partial charge in [0, 0.05) is 9.35 Å². The molecule has 1 nitrogen and oxygen atoms in total. The molecule has 1 aromatic heterocycles. The van der Waals surface area contributed by atoms with Crippen LogP contribution in [0.1, 0.15) is 24.6 Å². The Balaban J connectivity index is 2.34. The van der Waals surface area contributed by atoms with Crippen molar-refractivity contribution in [3.05, 3.63) is 20.8 Å². The maximum absolute atomic E-state index is 3.58. The van der Waals surface area contributed by atoms with Gasteiger partial charge in [-0.05, 0) is 53.7 Å². The van der Waals surface area contributed by atoms with Crippen LogP contribution in [-0.4, -0.2) is 6.54 Å². The summed E-state index contributed by atoms with van der Waals surface area (Å²) in [6, 6.07) is 2.13. The Kier molecular flexibility index (Phi) is 2.27. The molecular formula is C9H12BrNS. The van der Waals surface area contributed by atoms with E-state index < -0.39 is 0 Å². The summed E-state index contributed by atoms with van der Waals surface area (Å²) in [6.07, 6.45) is 2.55. The lowest BCUT2D eigenvalue weighted by molar-refractivity contribution is 0.442. The van der Waals surface area contributed by atoms with Crippen LogP contribution in [0.4, 0.5) is 0 Å². The minimum Gasteiger partial charge on any atom is -0.307 e. The highest BCUT2D eigenvalue weighted by Crippen LogP contribution is 2.38. The lowest BCUT2D eigenvalue weighted by Crippen LogP contribution is -2.32. The van der Waals surface area contributed by atoms with E-state index in [2.05, 4.69) is 39.6 Å². The van der Waals surface area contributed by atoms with E-state index in [1.165, 1.54) is 22.2 Å². The van der Waals surface area contributed by atoms with Gasteiger partial charge in [-0.15, -0.1) is 11.3 Å². The Morgan fingerprint density at radius 3 is 3.00 bits per heavy atom. The van der Waals surface area contributed by atoms with Crippen molar-refractivity contribution in [3.8, 4) is 0 Å². The van der Waals surface area contributed by atoms with Crippen LogP contribution in [-0.2, 0) is 5.54 Å². The number of halogens is 1. The maximum Gasteiger partial charge on any atom is 0.0512 e. The van der Waals surface area contributed by atoms with Crippen LogP contribution >= 0.6 is 27.3 Å². The molecule has 0 radical (unpaired) electrons. The van der Waals surface area contributed by atoms with Gasteiger partial charge in [-0.25, -0.2) is 0 Å². The molecule has 1 aliphatic rings. The van der Waals surface area contributed by atoms with Gasteiger partial charge in [0.05, 0.1) is 5.54 Å². The summed E-state index contributed by atoms with van der Waals surface area (Å²) in [4.78, 5) is 1.44. The standard InChI is InChI=1S/C9H12BrNS/c1-9(4-2-5-11-9)8-7(10)3-6-12-8/h3,6,11H,2,4-5H2,1H3. The van der Waals surface area contributed by atoms with Crippen molar-refractivity contribution >= 4 is 27.3 Å². The Morgan fingerprint density at radius 1 is 1.67 bits per heavy atom. The SMILES string of the molecule is CC1(c2sccc2Br)CCCN1. The van der Waals surface area contributed by atoms with E-state index >= 15 is 0 Å². The van der Waals surface area contributed by atoms with E-state index in [9.17, 15) is 0 Å². The van der Waals surface area contributed by atoms with Gasteiger partial charge >= 0.3 is 0 Å². The largest absolute Gasteiger partial charge is 0.307 e. The van der Waals surface area contributed by atoms with Gasteiger partial charge in [0.2, 0.25) is 0 Å². The van der Waals surface area contributed by atoms with Crippen LogP contribution in [0.25, 0.3) is 0 Å². The van der Waals surface area contributed by atoms with Gasteiger partial charge in [0.1, 0.15) is 0 Å². The second-order valence-corrected chi connectivity index (χ2v) is 5.23. The van der Waals surface area contributed by atoms with E-state index in [0.29, 0.717) is 0 Å². The lowest BCUT2D eigenvalue weighted by atomic mass is 9.99. The molecule has 3 heteroatoms. The quantitative estimate of drug-likeness (QED) is 0.802. The zero-order valence-corrected chi connectivity index (χ0v) is 9.46. The van der Waals surface area contributed by atoms with E-state index in [1.807, 2.05) is 11.3 Å². The van der Waals surface area contributed by atoms with Crippen molar-refractivity contribution in [2.45, 2.75) is 25.3 Å². The molecule has 0 saturated carbocycles. The third-order valence-electron chi connectivity index (χ3n) is 2.49. The molecule has 0 amide bonds. The number of nitrogens with one attached hydrogen (secondary N) is 1. The molecule has 0 aliphatic carbocycles. The topological polar surface area (TPSA) is 12.0 Å². The van der Waals surface area contributed by atoms with E-state index in [1.54, 1.807) is 0 Å².